The Hall–Kier alpha value is -4.05. The highest BCUT2D eigenvalue weighted by Gasteiger charge is 2.62. The SMILES string of the molecule is C=CC1CC1(NC(=O)C1CC(Oc2cncc(-c3csc(C)n3)c2)CN1C(=O)C(NC(=O)OC(C)(C)C)C(C)(C)C)C(=O)NS(=O)(=O)C1CC1. The quantitative estimate of drug-likeness (QED) is 0.289. The molecule has 0 aromatic carbocycles. The van der Waals surface area contributed by atoms with Crippen molar-refractivity contribution in [1.82, 2.24) is 30.2 Å². The van der Waals surface area contributed by atoms with E-state index in [-0.39, 0.29) is 19.4 Å². The minimum Gasteiger partial charge on any atom is -0.487 e. The Bertz CT molecular complexity index is 1780. The molecule has 0 radical (unpaired) electrons. The number of likely N-dealkylation sites (tertiary alicyclic amines) is 1. The highest BCUT2D eigenvalue weighted by Crippen LogP contribution is 2.45. The maximum atomic E-state index is 14.4. The standard InChI is InChI=1S/C34H46N6O8S2/c1-9-21-14-34(21,30(43)39-50(45,46)24-10-11-24)38-28(41)26-13-23(47-22-12-20(15-35-16-22)25-18-49-19(2)36-25)17-40(26)29(42)27(32(3,4)5)37-31(44)48-33(6,7)8/h9,12,15-16,18,21,23-24,26-27H,1,10-11,13-14,17H2,2-8H3,(H,37,44)(H,38,41)(H,39,43). The van der Waals surface area contributed by atoms with E-state index < -0.39 is 79.7 Å². The van der Waals surface area contributed by atoms with Crippen LogP contribution < -0.4 is 20.1 Å². The highest BCUT2D eigenvalue weighted by molar-refractivity contribution is 7.91. The second-order valence-electron chi connectivity index (χ2n) is 15.3. The fourth-order valence-electron chi connectivity index (χ4n) is 5.95. The first-order valence-corrected chi connectivity index (χ1v) is 19.0. The molecular formula is C34H46N6O8S2. The molecule has 3 N–H and O–H groups in total. The lowest BCUT2D eigenvalue weighted by molar-refractivity contribution is -0.143. The Morgan fingerprint density at radius 3 is 2.40 bits per heavy atom. The Kier molecular flexibility index (Phi) is 10.1. The van der Waals surface area contributed by atoms with Crippen molar-refractivity contribution in [3.63, 3.8) is 0 Å². The van der Waals surface area contributed by atoms with Crippen LogP contribution in [0.2, 0.25) is 0 Å². The van der Waals surface area contributed by atoms with E-state index in [1.165, 1.54) is 28.5 Å². The predicted octanol–water partition coefficient (Wildman–Crippen LogP) is 3.47. The molecule has 2 aliphatic carbocycles. The lowest BCUT2D eigenvalue weighted by atomic mass is 9.85. The first kappa shape index (κ1) is 37.2. The van der Waals surface area contributed by atoms with Gasteiger partial charge in [-0.05, 0) is 58.4 Å². The zero-order valence-electron chi connectivity index (χ0n) is 29.4. The molecule has 1 saturated heterocycles. The van der Waals surface area contributed by atoms with Gasteiger partial charge in [-0.3, -0.25) is 24.1 Å². The molecule has 3 aliphatic rings. The second-order valence-corrected chi connectivity index (χ2v) is 18.3. The van der Waals surface area contributed by atoms with Gasteiger partial charge in [-0.25, -0.2) is 18.2 Å². The summed E-state index contributed by atoms with van der Waals surface area (Å²) in [5, 5.41) is 7.63. The number of nitrogens with one attached hydrogen (secondary N) is 3. The molecule has 5 rings (SSSR count). The number of rotatable bonds is 11. The number of carbonyl (C=O) groups excluding carboxylic acids is 4. The van der Waals surface area contributed by atoms with E-state index in [0.29, 0.717) is 18.6 Å². The number of hydrogen-bond donors (Lipinski definition) is 3. The molecule has 272 valence electrons. The van der Waals surface area contributed by atoms with Crippen molar-refractivity contribution < 1.29 is 37.1 Å². The summed E-state index contributed by atoms with van der Waals surface area (Å²) in [5.74, 6) is -2.17. The van der Waals surface area contributed by atoms with Gasteiger partial charge < -0.3 is 25.0 Å². The Balaban J connectivity index is 1.42. The van der Waals surface area contributed by atoms with Crippen molar-refractivity contribution in [2.24, 2.45) is 11.3 Å². The van der Waals surface area contributed by atoms with Crippen LogP contribution in [0.15, 0.2) is 36.5 Å². The number of aryl methyl sites for hydroxylation is 1. The molecule has 0 spiro atoms. The van der Waals surface area contributed by atoms with E-state index >= 15 is 0 Å². The van der Waals surface area contributed by atoms with Crippen LogP contribution in [0.25, 0.3) is 11.3 Å². The average Bonchev–Trinajstić information content (AvgIpc) is 3.90. The van der Waals surface area contributed by atoms with Crippen molar-refractivity contribution in [2.45, 2.75) is 109 Å². The molecular weight excluding hydrogens is 685 g/mol. The molecule has 0 bridgehead atoms. The first-order chi connectivity index (χ1) is 23.2. The van der Waals surface area contributed by atoms with Crippen LogP contribution in [0, 0.1) is 18.3 Å². The van der Waals surface area contributed by atoms with Crippen LogP contribution in [0.4, 0.5) is 4.79 Å². The van der Waals surface area contributed by atoms with Crippen molar-refractivity contribution in [2.75, 3.05) is 6.54 Å². The van der Waals surface area contributed by atoms with Crippen LogP contribution in [-0.2, 0) is 29.1 Å². The number of carbonyl (C=O) groups is 4. The minimum atomic E-state index is -3.89. The summed E-state index contributed by atoms with van der Waals surface area (Å²) in [6.07, 6.45) is 4.33. The predicted molar refractivity (Wildman–Crippen MR) is 186 cm³/mol. The second kappa shape index (κ2) is 13.6. The first-order valence-electron chi connectivity index (χ1n) is 16.6. The molecule has 2 aromatic rings. The number of aromatic nitrogens is 2. The van der Waals surface area contributed by atoms with Crippen molar-refractivity contribution in [3.8, 4) is 17.0 Å². The van der Waals surface area contributed by atoms with Crippen LogP contribution in [0.1, 0.15) is 72.2 Å². The van der Waals surface area contributed by atoms with E-state index in [0.717, 1.165) is 16.3 Å². The summed E-state index contributed by atoms with van der Waals surface area (Å²) >= 11 is 1.50. The highest BCUT2D eigenvalue weighted by atomic mass is 32.2. The minimum absolute atomic E-state index is 0.0281. The van der Waals surface area contributed by atoms with E-state index in [1.54, 1.807) is 53.8 Å². The molecule has 5 unspecified atom stereocenters. The normalized spacial score (nSPS) is 24.1. The molecule has 4 amide bonds. The Labute approximate surface area is 296 Å². The lowest BCUT2D eigenvalue weighted by Crippen LogP contribution is -2.60. The summed E-state index contributed by atoms with van der Waals surface area (Å²) in [5.41, 5.74) is -1.70. The fraction of sp³-hybridized carbons (Fsp3) is 0.588. The molecule has 14 nitrogen and oxygen atoms in total. The number of ether oxygens (including phenoxy) is 2. The smallest absolute Gasteiger partial charge is 0.408 e. The topological polar surface area (TPSA) is 186 Å². The molecule has 16 heteroatoms. The van der Waals surface area contributed by atoms with Gasteiger partial charge in [-0.15, -0.1) is 17.9 Å². The van der Waals surface area contributed by atoms with E-state index in [2.05, 4.69) is 31.9 Å². The number of pyridine rings is 1. The van der Waals surface area contributed by atoms with E-state index in [9.17, 15) is 27.6 Å². The van der Waals surface area contributed by atoms with Gasteiger partial charge in [0.15, 0.2) is 0 Å². The van der Waals surface area contributed by atoms with Gasteiger partial charge in [-0.1, -0.05) is 26.8 Å². The fourth-order valence-corrected chi connectivity index (χ4v) is 7.93. The van der Waals surface area contributed by atoms with Gasteiger partial charge in [0.1, 0.15) is 35.1 Å². The van der Waals surface area contributed by atoms with E-state index in [4.69, 9.17) is 9.47 Å². The number of alkyl carbamates (subject to hydrolysis) is 1. The number of hydrogen-bond acceptors (Lipinski definition) is 11. The van der Waals surface area contributed by atoms with Crippen LogP contribution >= 0.6 is 11.3 Å². The molecule has 1 aliphatic heterocycles. The number of sulfonamides is 1. The maximum absolute atomic E-state index is 14.4. The molecule has 2 aromatic heterocycles. The van der Waals surface area contributed by atoms with Crippen LogP contribution in [0.5, 0.6) is 5.75 Å². The summed E-state index contributed by atoms with van der Waals surface area (Å²) in [7, 11) is -3.89. The molecule has 50 heavy (non-hydrogen) atoms. The zero-order chi connectivity index (χ0) is 36.8. The Morgan fingerprint density at radius 1 is 1.14 bits per heavy atom. The molecule has 2 saturated carbocycles. The summed E-state index contributed by atoms with van der Waals surface area (Å²) in [4.78, 5) is 65.0. The largest absolute Gasteiger partial charge is 0.487 e. The third-order valence-corrected chi connectivity index (χ3v) is 11.4. The van der Waals surface area contributed by atoms with Gasteiger partial charge in [-0.2, -0.15) is 0 Å². The average molecular weight is 731 g/mol. The number of nitrogens with zero attached hydrogens (tertiary/aromatic N) is 3. The van der Waals surface area contributed by atoms with Crippen LogP contribution in [0.3, 0.4) is 0 Å². The van der Waals surface area contributed by atoms with Gasteiger partial charge in [0.05, 0.1) is 28.7 Å². The van der Waals surface area contributed by atoms with Crippen LogP contribution in [-0.4, -0.2) is 88.2 Å². The number of amides is 4. The van der Waals surface area contributed by atoms with Gasteiger partial charge in [0.25, 0.3) is 5.91 Å². The lowest BCUT2D eigenvalue weighted by Gasteiger charge is -2.36. The molecule has 3 heterocycles. The Morgan fingerprint density at radius 2 is 1.84 bits per heavy atom. The van der Waals surface area contributed by atoms with E-state index in [1.807, 2.05) is 12.3 Å². The van der Waals surface area contributed by atoms with Crippen molar-refractivity contribution in [3.05, 3.63) is 41.5 Å². The van der Waals surface area contributed by atoms with Gasteiger partial charge in [0, 0.05) is 29.5 Å². The third-order valence-electron chi connectivity index (χ3n) is 8.80. The van der Waals surface area contributed by atoms with Gasteiger partial charge in [0.2, 0.25) is 21.8 Å². The summed E-state index contributed by atoms with van der Waals surface area (Å²) < 4.78 is 39.2. The summed E-state index contributed by atoms with van der Waals surface area (Å²) in [6, 6.07) is -0.459. The van der Waals surface area contributed by atoms with Gasteiger partial charge >= 0.3 is 6.09 Å². The maximum Gasteiger partial charge on any atom is 0.408 e. The molecule has 3 fully saturated rings. The third kappa shape index (κ3) is 8.45. The molecule has 5 atom stereocenters. The summed E-state index contributed by atoms with van der Waals surface area (Å²) in [6.45, 7) is 16.1. The number of thiazole rings is 1. The monoisotopic (exact) mass is 730 g/mol. The van der Waals surface area contributed by atoms with Crippen molar-refractivity contribution in [1.29, 1.82) is 0 Å². The zero-order valence-corrected chi connectivity index (χ0v) is 31.1. The van der Waals surface area contributed by atoms with Crippen molar-refractivity contribution >= 4 is 45.2 Å².